The Morgan fingerprint density at radius 1 is 0.917 bits per heavy atom. The Morgan fingerprint density at radius 3 is 2.12 bits per heavy atom. The number of benzene rings is 3. The van der Waals surface area contributed by atoms with E-state index in [4.69, 9.17) is 9.90 Å². The average Bonchev–Trinajstić information content (AvgIpc) is 2.84. The van der Waals surface area contributed by atoms with Crippen LogP contribution in [0.1, 0.15) is 29.4 Å². The number of hydrogen-bond acceptors (Lipinski definition) is 3. The first-order valence-corrected chi connectivity index (χ1v) is 8.56. The number of rotatable bonds is 2. The molecule has 0 heterocycles. The van der Waals surface area contributed by atoms with E-state index in [2.05, 4.69) is 36.4 Å². The number of carboxylic acids is 1. The van der Waals surface area contributed by atoms with Crippen molar-refractivity contribution in [3.63, 3.8) is 0 Å². The highest BCUT2D eigenvalue weighted by Crippen LogP contribution is 2.52. The number of aliphatic hydroxyl groups is 1. The lowest BCUT2D eigenvalue weighted by Crippen LogP contribution is -2.00. The molecule has 0 fully saturated rings. The average molecular weight is 338 g/mol. The second-order valence-corrected chi connectivity index (χ2v) is 6.82. The molecule has 0 saturated carbocycles. The zero-order chi connectivity index (χ0) is 17.1. The zero-order valence-electron chi connectivity index (χ0n) is 13.2. The van der Waals surface area contributed by atoms with Gasteiger partial charge in [-0.2, -0.15) is 0 Å². The van der Waals surface area contributed by atoms with Gasteiger partial charge >= 0.3 is 0 Å². The van der Waals surface area contributed by atoms with Crippen molar-refractivity contribution in [3.8, 4) is 0 Å². The monoisotopic (exact) mass is 338 g/mol. The van der Waals surface area contributed by atoms with Crippen molar-refractivity contribution in [2.75, 3.05) is 0 Å². The number of carbonyl (C=O) groups is 1. The van der Waals surface area contributed by atoms with Crippen LogP contribution >= 0.6 is 11.8 Å². The van der Waals surface area contributed by atoms with Gasteiger partial charge in [0.1, 0.15) is 0 Å². The first-order valence-electron chi connectivity index (χ1n) is 7.69. The van der Waals surface area contributed by atoms with Crippen LogP contribution in [0.5, 0.6) is 0 Å². The minimum Gasteiger partial charge on any atom is -0.481 e. The molecule has 4 rings (SSSR count). The number of thioether (sulfide) groups is 1. The number of carboxylic acid groups (broad SMARTS) is 1. The van der Waals surface area contributed by atoms with Crippen molar-refractivity contribution >= 4 is 28.5 Å². The fourth-order valence-corrected chi connectivity index (χ4v) is 4.20. The van der Waals surface area contributed by atoms with Crippen molar-refractivity contribution in [2.24, 2.45) is 0 Å². The molecule has 3 aromatic carbocycles. The van der Waals surface area contributed by atoms with Crippen LogP contribution in [0.4, 0.5) is 0 Å². The van der Waals surface area contributed by atoms with E-state index in [1.54, 1.807) is 11.8 Å². The van der Waals surface area contributed by atoms with Crippen molar-refractivity contribution in [2.45, 2.75) is 23.2 Å². The van der Waals surface area contributed by atoms with Gasteiger partial charge in [0.2, 0.25) is 0 Å². The third-order valence-electron chi connectivity index (χ3n) is 3.89. The number of aliphatic carboxylic acids is 1. The van der Waals surface area contributed by atoms with Gasteiger partial charge in [-0.1, -0.05) is 54.6 Å². The molecule has 0 aromatic heterocycles. The lowest BCUT2D eigenvalue weighted by molar-refractivity contribution is -0.134. The standard InChI is InChI=1S/C18H14OS.C2H4O2/c19-17-14-10-4-6-12-7-5-11-15(16(12)14)18(17)20-13-8-2-1-3-9-13;1-2(3)4/h1-11,17-19H;1H3,(H,3,4)/t17-,18-;/m1./s1. The van der Waals surface area contributed by atoms with Crippen LogP contribution in [0.3, 0.4) is 0 Å². The molecule has 0 amide bonds. The van der Waals surface area contributed by atoms with Gasteiger partial charge in [0.15, 0.2) is 0 Å². The molecular formula is C20H18O3S. The molecular weight excluding hydrogens is 320 g/mol. The van der Waals surface area contributed by atoms with Crippen molar-refractivity contribution < 1.29 is 15.0 Å². The largest absolute Gasteiger partial charge is 0.481 e. The van der Waals surface area contributed by atoms with Gasteiger partial charge < -0.3 is 10.2 Å². The molecule has 0 unspecified atom stereocenters. The smallest absolute Gasteiger partial charge is 0.300 e. The maximum atomic E-state index is 10.7. The van der Waals surface area contributed by atoms with Crippen LogP contribution in [-0.2, 0) is 4.79 Å². The van der Waals surface area contributed by atoms with Crippen LogP contribution in [0, 0.1) is 0 Å². The van der Waals surface area contributed by atoms with Gasteiger partial charge in [-0.25, -0.2) is 0 Å². The van der Waals surface area contributed by atoms with Crippen molar-refractivity contribution in [1.29, 1.82) is 0 Å². The van der Waals surface area contributed by atoms with Crippen LogP contribution in [0.25, 0.3) is 10.8 Å². The highest BCUT2D eigenvalue weighted by Gasteiger charge is 2.33. The van der Waals surface area contributed by atoms with Crippen LogP contribution in [0.2, 0.25) is 0 Å². The summed E-state index contributed by atoms with van der Waals surface area (Å²) in [5, 5.41) is 20.6. The van der Waals surface area contributed by atoms with Gasteiger partial charge in [-0.15, -0.1) is 11.8 Å². The minimum absolute atomic E-state index is 0.0819. The molecule has 3 aromatic rings. The Hall–Kier alpha value is -2.30. The van der Waals surface area contributed by atoms with E-state index in [0.717, 1.165) is 12.5 Å². The van der Waals surface area contributed by atoms with Gasteiger partial charge in [0, 0.05) is 11.8 Å². The molecule has 2 N–H and O–H groups in total. The van der Waals surface area contributed by atoms with E-state index in [0.29, 0.717) is 0 Å². The van der Waals surface area contributed by atoms with Gasteiger partial charge in [0.25, 0.3) is 5.97 Å². The summed E-state index contributed by atoms with van der Waals surface area (Å²) in [6.07, 6.45) is -0.429. The van der Waals surface area contributed by atoms with Crippen LogP contribution in [-0.4, -0.2) is 16.2 Å². The van der Waals surface area contributed by atoms with Gasteiger partial charge in [-0.05, 0) is 34.0 Å². The first kappa shape index (κ1) is 16.6. The summed E-state index contributed by atoms with van der Waals surface area (Å²) in [5.41, 5.74) is 2.31. The van der Waals surface area contributed by atoms with E-state index in [-0.39, 0.29) is 5.25 Å². The molecule has 0 spiro atoms. The Morgan fingerprint density at radius 2 is 1.50 bits per heavy atom. The highest BCUT2D eigenvalue weighted by molar-refractivity contribution is 7.99. The zero-order valence-corrected chi connectivity index (χ0v) is 14.0. The van der Waals surface area contributed by atoms with Crippen LogP contribution < -0.4 is 0 Å². The van der Waals surface area contributed by atoms with Crippen molar-refractivity contribution in [1.82, 2.24) is 0 Å². The summed E-state index contributed by atoms with van der Waals surface area (Å²) in [6.45, 7) is 1.08. The van der Waals surface area contributed by atoms with Gasteiger partial charge in [-0.3, -0.25) is 4.79 Å². The maximum absolute atomic E-state index is 10.7. The van der Waals surface area contributed by atoms with E-state index in [9.17, 15) is 5.11 Å². The number of aliphatic hydroxyl groups excluding tert-OH is 1. The lowest BCUT2D eigenvalue weighted by Gasteiger charge is -2.16. The third kappa shape index (κ3) is 3.30. The second-order valence-electron chi connectivity index (χ2n) is 5.61. The minimum atomic E-state index is -0.833. The lowest BCUT2D eigenvalue weighted by atomic mass is 10.1. The summed E-state index contributed by atoms with van der Waals surface area (Å²) in [5.74, 6) is -0.833. The third-order valence-corrected chi connectivity index (χ3v) is 5.20. The normalized spacial score (nSPS) is 18.1. The molecule has 1 aliphatic rings. The van der Waals surface area contributed by atoms with Crippen molar-refractivity contribution in [3.05, 3.63) is 77.9 Å². The van der Waals surface area contributed by atoms with E-state index < -0.39 is 12.1 Å². The van der Waals surface area contributed by atoms with Crippen LogP contribution in [0.15, 0.2) is 71.6 Å². The van der Waals surface area contributed by atoms with E-state index in [1.807, 2.05) is 30.3 Å². The van der Waals surface area contributed by atoms with E-state index in [1.165, 1.54) is 21.2 Å². The number of hydrogen-bond donors (Lipinski definition) is 2. The molecule has 0 aliphatic heterocycles. The summed E-state index contributed by atoms with van der Waals surface area (Å²) >= 11 is 1.74. The molecule has 4 heteroatoms. The summed E-state index contributed by atoms with van der Waals surface area (Å²) in [7, 11) is 0. The molecule has 1 aliphatic carbocycles. The fraction of sp³-hybridized carbons (Fsp3) is 0.150. The maximum Gasteiger partial charge on any atom is 0.300 e. The SMILES string of the molecule is CC(=O)O.O[C@@H]1c2cccc3cccc(c23)[C@H]1Sc1ccccc1. The van der Waals surface area contributed by atoms with Gasteiger partial charge in [0.05, 0.1) is 11.4 Å². The second kappa shape index (κ2) is 7.07. The molecule has 2 atom stereocenters. The highest BCUT2D eigenvalue weighted by atomic mass is 32.2. The Bertz CT molecular complexity index is 852. The predicted octanol–water partition coefficient (Wildman–Crippen LogP) is 4.81. The quantitative estimate of drug-likeness (QED) is 0.704. The Labute approximate surface area is 145 Å². The fourth-order valence-electron chi connectivity index (χ4n) is 2.99. The summed E-state index contributed by atoms with van der Waals surface area (Å²) < 4.78 is 0. The molecule has 0 bridgehead atoms. The van der Waals surface area contributed by atoms with E-state index >= 15 is 0 Å². The molecule has 3 nitrogen and oxygen atoms in total. The summed E-state index contributed by atoms with van der Waals surface area (Å²) in [4.78, 5) is 10.2. The Balaban J connectivity index is 0.000000383. The Kier molecular flexibility index (Phi) is 4.88. The molecule has 122 valence electrons. The summed E-state index contributed by atoms with van der Waals surface area (Å²) in [6, 6.07) is 22.8. The predicted molar refractivity (Wildman–Crippen MR) is 97.3 cm³/mol. The molecule has 24 heavy (non-hydrogen) atoms. The molecule has 0 saturated heterocycles. The molecule has 0 radical (unpaired) electrons. The first-order chi connectivity index (χ1) is 11.6. The topological polar surface area (TPSA) is 57.5 Å².